The van der Waals surface area contributed by atoms with Crippen molar-refractivity contribution < 1.29 is 14.3 Å². The van der Waals surface area contributed by atoms with E-state index in [0.717, 1.165) is 41.0 Å². The first-order valence-electron chi connectivity index (χ1n) is 9.39. The number of carbonyl (C=O) groups excluding carboxylic acids is 1. The summed E-state index contributed by atoms with van der Waals surface area (Å²) in [5.74, 6) is 0.615. The van der Waals surface area contributed by atoms with E-state index in [9.17, 15) is 4.79 Å². The first-order valence-corrected chi connectivity index (χ1v) is 9.39. The van der Waals surface area contributed by atoms with Gasteiger partial charge in [0.15, 0.2) is 0 Å². The molecule has 1 atom stereocenters. The lowest BCUT2D eigenvalue weighted by molar-refractivity contribution is 0.0287. The molecule has 0 saturated carbocycles. The highest BCUT2D eigenvalue weighted by molar-refractivity contribution is 5.95. The summed E-state index contributed by atoms with van der Waals surface area (Å²) < 4.78 is 11.0. The van der Waals surface area contributed by atoms with E-state index < -0.39 is 0 Å². The van der Waals surface area contributed by atoms with Crippen molar-refractivity contribution in [2.24, 2.45) is 0 Å². The third-order valence-electron chi connectivity index (χ3n) is 4.82. The Morgan fingerprint density at radius 2 is 2.10 bits per heavy atom. The fraction of sp³-hybridized carbons (Fsp3) is 0.273. The molecule has 0 aliphatic carbocycles. The highest BCUT2D eigenvalue weighted by Gasteiger charge is 2.15. The Balaban J connectivity index is 0.00000240. The van der Waals surface area contributed by atoms with Crippen LogP contribution in [0.4, 0.5) is 0 Å². The van der Waals surface area contributed by atoms with E-state index in [0.29, 0.717) is 18.7 Å². The molecular weight excluding hydrogens is 390 g/mol. The van der Waals surface area contributed by atoms with Crippen LogP contribution in [0.15, 0.2) is 54.6 Å². The summed E-state index contributed by atoms with van der Waals surface area (Å²) in [7, 11) is 1.64. The summed E-state index contributed by atoms with van der Waals surface area (Å²) in [4.78, 5) is 17.3. The van der Waals surface area contributed by atoms with Crippen molar-refractivity contribution >= 4 is 29.2 Å². The molecule has 0 spiro atoms. The van der Waals surface area contributed by atoms with Gasteiger partial charge in [-0.1, -0.05) is 30.3 Å². The smallest absolute Gasteiger partial charge is 0.251 e. The van der Waals surface area contributed by atoms with Crippen molar-refractivity contribution in [1.29, 1.82) is 0 Å². The summed E-state index contributed by atoms with van der Waals surface area (Å²) in [6.45, 7) is 2.77. The van der Waals surface area contributed by atoms with Crippen LogP contribution in [-0.4, -0.2) is 50.3 Å². The first-order chi connectivity index (χ1) is 13.7. The van der Waals surface area contributed by atoms with Crippen molar-refractivity contribution in [3.8, 4) is 17.0 Å². The lowest BCUT2D eigenvalue weighted by Gasteiger charge is -2.23. The van der Waals surface area contributed by atoms with Crippen LogP contribution in [0.3, 0.4) is 0 Å². The lowest BCUT2D eigenvalue weighted by atomic mass is 10.1. The maximum absolute atomic E-state index is 12.6. The third kappa shape index (κ3) is 4.85. The van der Waals surface area contributed by atoms with Gasteiger partial charge in [-0.3, -0.25) is 4.79 Å². The lowest BCUT2D eigenvalue weighted by Crippen LogP contribution is -2.45. The minimum Gasteiger partial charge on any atom is -0.494 e. The van der Waals surface area contributed by atoms with E-state index in [1.165, 1.54) is 0 Å². The number of halogens is 1. The second-order valence-electron chi connectivity index (χ2n) is 6.72. The van der Waals surface area contributed by atoms with Crippen molar-refractivity contribution in [1.82, 2.24) is 15.6 Å². The van der Waals surface area contributed by atoms with Gasteiger partial charge in [0.2, 0.25) is 0 Å². The van der Waals surface area contributed by atoms with Gasteiger partial charge >= 0.3 is 0 Å². The fourth-order valence-corrected chi connectivity index (χ4v) is 3.32. The molecule has 1 unspecified atom stereocenters. The zero-order valence-electron chi connectivity index (χ0n) is 16.2. The number of hydrogen-bond donors (Lipinski definition) is 2. The van der Waals surface area contributed by atoms with Crippen LogP contribution in [0.1, 0.15) is 10.4 Å². The first kappa shape index (κ1) is 21.0. The summed E-state index contributed by atoms with van der Waals surface area (Å²) >= 11 is 0. The number of rotatable bonds is 5. The molecule has 152 valence electrons. The molecule has 7 heteroatoms. The van der Waals surface area contributed by atoms with Crippen LogP contribution in [0.5, 0.6) is 5.75 Å². The van der Waals surface area contributed by atoms with Crippen LogP contribution >= 0.6 is 12.4 Å². The average molecular weight is 414 g/mol. The number of para-hydroxylation sites is 1. The number of hydrogen-bond acceptors (Lipinski definition) is 5. The van der Waals surface area contributed by atoms with Crippen molar-refractivity contribution in [2.75, 3.05) is 33.4 Å². The van der Waals surface area contributed by atoms with E-state index in [-0.39, 0.29) is 24.4 Å². The minimum absolute atomic E-state index is 0. The molecule has 1 saturated heterocycles. The standard InChI is InChI=1S/C22H23N3O3.ClH/c1-27-20-7-3-4-15-8-9-19(25-21(15)20)16-5-2-6-17(12-16)22(26)24-14-18-13-23-10-11-28-18;/h2-9,12,18,23H,10-11,13-14H2,1H3,(H,24,26);1H. The summed E-state index contributed by atoms with van der Waals surface area (Å²) in [6.07, 6.45) is 0.00972. The van der Waals surface area contributed by atoms with Crippen LogP contribution in [0.25, 0.3) is 22.2 Å². The van der Waals surface area contributed by atoms with Gasteiger partial charge in [0.1, 0.15) is 11.3 Å². The second-order valence-corrected chi connectivity index (χ2v) is 6.72. The van der Waals surface area contributed by atoms with Crippen molar-refractivity contribution in [2.45, 2.75) is 6.10 Å². The van der Waals surface area contributed by atoms with E-state index >= 15 is 0 Å². The Bertz CT molecular complexity index is 990. The van der Waals surface area contributed by atoms with Gasteiger partial charge in [0.25, 0.3) is 5.91 Å². The number of nitrogens with zero attached hydrogens (tertiary/aromatic N) is 1. The molecule has 1 aromatic heterocycles. The number of methoxy groups -OCH3 is 1. The molecule has 6 nitrogen and oxygen atoms in total. The number of nitrogens with one attached hydrogen (secondary N) is 2. The van der Waals surface area contributed by atoms with Gasteiger partial charge in [0, 0.05) is 36.1 Å². The third-order valence-corrected chi connectivity index (χ3v) is 4.82. The quantitative estimate of drug-likeness (QED) is 0.672. The SMILES string of the molecule is COc1cccc2ccc(-c3cccc(C(=O)NCC4CNCCO4)c3)nc12.Cl. The largest absolute Gasteiger partial charge is 0.494 e. The molecule has 1 amide bonds. The molecule has 1 aliphatic rings. The van der Waals surface area contributed by atoms with Gasteiger partial charge in [-0.25, -0.2) is 4.98 Å². The molecular formula is C22H24ClN3O3. The van der Waals surface area contributed by atoms with Crippen LogP contribution in [0, 0.1) is 0 Å². The zero-order valence-corrected chi connectivity index (χ0v) is 17.0. The topological polar surface area (TPSA) is 72.5 Å². The Morgan fingerprint density at radius 1 is 1.24 bits per heavy atom. The summed E-state index contributed by atoms with van der Waals surface area (Å²) in [6, 6.07) is 17.3. The molecule has 1 fully saturated rings. The minimum atomic E-state index is -0.116. The number of amides is 1. The van der Waals surface area contributed by atoms with Crippen LogP contribution in [0.2, 0.25) is 0 Å². The monoisotopic (exact) mass is 413 g/mol. The van der Waals surface area contributed by atoms with E-state index in [1.54, 1.807) is 13.2 Å². The van der Waals surface area contributed by atoms with E-state index in [2.05, 4.69) is 10.6 Å². The predicted octanol–water partition coefficient (Wildman–Crippen LogP) is 3.05. The van der Waals surface area contributed by atoms with E-state index in [4.69, 9.17) is 14.5 Å². The van der Waals surface area contributed by atoms with E-state index in [1.807, 2.05) is 48.5 Å². The normalized spacial score (nSPS) is 16.1. The Labute approximate surface area is 176 Å². The molecule has 4 rings (SSSR count). The number of carbonyl (C=O) groups is 1. The molecule has 3 aromatic rings. The number of ether oxygens (including phenoxy) is 2. The Hall–Kier alpha value is -2.67. The molecule has 1 aliphatic heterocycles. The highest BCUT2D eigenvalue weighted by Crippen LogP contribution is 2.27. The molecule has 2 heterocycles. The van der Waals surface area contributed by atoms with Gasteiger partial charge in [0.05, 0.1) is 25.5 Å². The maximum Gasteiger partial charge on any atom is 0.251 e. The zero-order chi connectivity index (χ0) is 19.3. The van der Waals surface area contributed by atoms with Crippen LogP contribution < -0.4 is 15.4 Å². The molecule has 2 aromatic carbocycles. The predicted molar refractivity (Wildman–Crippen MR) is 116 cm³/mol. The summed E-state index contributed by atoms with van der Waals surface area (Å²) in [5, 5.41) is 7.22. The molecule has 29 heavy (non-hydrogen) atoms. The Kier molecular flexibility index (Phi) is 7.04. The number of pyridine rings is 1. The fourth-order valence-electron chi connectivity index (χ4n) is 3.32. The van der Waals surface area contributed by atoms with Gasteiger partial charge in [-0.2, -0.15) is 0 Å². The van der Waals surface area contributed by atoms with Crippen LogP contribution in [-0.2, 0) is 4.74 Å². The average Bonchev–Trinajstić information content (AvgIpc) is 2.77. The maximum atomic E-state index is 12.6. The number of aromatic nitrogens is 1. The highest BCUT2D eigenvalue weighted by atomic mass is 35.5. The van der Waals surface area contributed by atoms with Crippen molar-refractivity contribution in [3.05, 3.63) is 60.2 Å². The molecule has 2 N–H and O–H groups in total. The number of morpholine rings is 1. The van der Waals surface area contributed by atoms with Gasteiger partial charge < -0.3 is 20.1 Å². The Morgan fingerprint density at radius 3 is 2.90 bits per heavy atom. The van der Waals surface area contributed by atoms with Gasteiger partial charge in [-0.15, -0.1) is 12.4 Å². The number of fused-ring (bicyclic) bond motifs is 1. The summed E-state index contributed by atoms with van der Waals surface area (Å²) in [5.41, 5.74) is 3.09. The van der Waals surface area contributed by atoms with Crippen molar-refractivity contribution in [3.63, 3.8) is 0 Å². The molecule has 0 radical (unpaired) electrons. The number of benzene rings is 2. The second kappa shape index (κ2) is 9.69. The van der Waals surface area contributed by atoms with Gasteiger partial charge in [-0.05, 0) is 24.3 Å². The molecule has 0 bridgehead atoms.